The van der Waals surface area contributed by atoms with Gasteiger partial charge >= 0.3 is 6.18 Å². The highest BCUT2D eigenvalue weighted by Crippen LogP contribution is 2.49. The lowest BCUT2D eigenvalue weighted by Gasteiger charge is -2.37. The average molecular weight is 366 g/mol. The summed E-state index contributed by atoms with van der Waals surface area (Å²) in [4.78, 5) is 17.4. The molecule has 3 fully saturated rings. The van der Waals surface area contributed by atoms with Crippen molar-refractivity contribution in [1.82, 2.24) is 9.80 Å². The van der Waals surface area contributed by atoms with Gasteiger partial charge in [-0.2, -0.15) is 13.2 Å². The SMILES string of the molecule is O=C(C1CC1c1ccc(C(F)(F)F)cc1)N1CCCC(N2CCCC2)C1. The molecule has 3 aliphatic rings. The third-order valence-electron chi connectivity index (χ3n) is 6.14. The Kier molecular flexibility index (Phi) is 4.71. The highest BCUT2D eigenvalue weighted by atomic mass is 19.4. The maximum Gasteiger partial charge on any atom is 0.416 e. The Morgan fingerprint density at radius 2 is 1.69 bits per heavy atom. The molecule has 1 aliphatic carbocycles. The molecular formula is C20H25F3N2O. The summed E-state index contributed by atoms with van der Waals surface area (Å²) in [5.74, 6) is 0.222. The summed E-state index contributed by atoms with van der Waals surface area (Å²) in [5, 5.41) is 0. The summed E-state index contributed by atoms with van der Waals surface area (Å²) in [6, 6.07) is 5.80. The van der Waals surface area contributed by atoms with Crippen molar-refractivity contribution in [2.75, 3.05) is 26.2 Å². The Bertz CT molecular complexity index is 652. The molecule has 3 nitrogen and oxygen atoms in total. The van der Waals surface area contributed by atoms with Gasteiger partial charge in [0.1, 0.15) is 0 Å². The summed E-state index contributed by atoms with van der Waals surface area (Å²) in [5.41, 5.74) is 0.221. The molecule has 26 heavy (non-hydrogen) atoms. The maximum absolute atomic E-state index is 12.9. The number of nitrogens with zero attached hydrogens (tertiary/aromatic N) is 2. The summed E-state index contributed by atoms with van der Waals surface area (Å²) in [6.45, 7) is 3.92. The Hall–Kier alpha value is -1.56. The number of likely N-dealkylation sites (tertiary alicyclic amines) is 2. The van der Waals surface area contributed by atoms with Gasteiger partial charge in [-0.05, 0) is 68.8 Å². The van der Waals surface area contributed by atoms with E-state index in [0.29, 0.717) is 6.04 Å². The Morgan fingerprint density at radius 1 is 1.00 bits per heavy atom. The molecular weight excluding hydrogens is 341 g/mol. The van der Waals surface area contributed by atoms with Crippen molar-refractivity contribution >= 4 is 5.91 Å². The number of alkyl halides is 3. The van der Waals surface area contributed by atoms with Crippen molar-refractivity contribution in [3.63, 3.8) is 0 Å². The van der Waals surface area contributed by atoms with Crippen LogP contribution in [0, 0.1) is 5.92 Å². The second-order valence-corrected chi connectivity index (χ2v) is 7.89. The standard InChI is InChI=1S/C20H25F3N2O/c21-20(22,23)15-7-5-14(6-8-15)17-12-18(17)19(26)25-11-3-4-16(13-25)24-9-1-2-10-24/h5-8,16-18H,1-4,9-13H2. The zero-order valence-electron chi connectivity index (χ0n) is 14.8. The van der Waals surface area contributed by atoms with E-state index in [4.69, 9.17) is 0 Å². The lowest BCUT2D eigenvalue weighted by Crippen LogP contribution is -2.49. The van der Waals surface area contributed by atoms with E-state index in [0.717, 1.165) is 63.1 Å². The summed E-state index contributed by atoms with van der Waals surface area (Å²) in [7, 11) is 0. The van der Waals surface area contributed by atoms with Crippen molar-refractivity contribution in [1.29, 1.82) is 0 Å². The molecule has 0 radical (unpaired) electrons. The number of benzene rings is 1. The van der Waals surface area contributed by atoms with Crippen LogP contribution in [0.15, 0.2) is 24.3 Å². The molecule has 0 N–H and O–H groups in total. The van der Waals surface area contributed by atoms with E-state index in [1.807, 2.05) is 4.90 Å². The number of hydrogen-bond donors (Lipinski definition) is 0. The minimum atomic E-state index is -4.31. The number of rotatable bonds is 3. The van der Waals surface area contributed by atoms with Gasteiger partial charge < -0.3 is 4.90 Å². The Balaban J connectivity index is 1.36. The molecule has 0 aromatic heterocycles. The fourth-order valence-electron chi connectivity index (χ4n) is 4.55. The molecule has 2 heterocycles. The van der Waals surface area contributed by atoms with Crippen LogP contribution in [-0.2, 0) is 11.0 Å². The second-order valence-electron chi connectivity index (χ2n) is 7.89. The quantitative estimate of drug-likeness (QED) is 0.810. The molecule has 0 bridgehead atoms. The van der Waals surface area contributed by atoms with Crippen LogP contribution in [0.3, 0.4) is 0 Å². The summed E-state index contributed by atoms with van der Waals surface area (Å²) in [6.07, 6.45) is 1.16. The topological polar surface area (TPSA) is 23.6 Å². The van der Waals surface area contributed by atoms with Crippen molar-refractivity contribution in [3.05, 3.63) is 35.4 Å². The van der Waals surface area contributed by atoms with Gasteiger partial charge in [0.25, 0.3) is 0 Å². The normalized spacial score (nSPS) is 29.8. The summed E-state index contributed by atoms with van der Waals surface area (Å²) < 4.78 is 38.1. The molecule has 6 heteroatoms. The fraction of sp³-hybridized carbons (Fsp3) is 0.650. The maximum atomic E-state index is 12.9. The first-order valence-corrected chi connectivity index (χ1v) is 9.63. The van der Waals surface area contributed by atoms with Gasteiger partial charge in [-0.25, -0.2) is 0 Å². The Labute approximate surface area is 152 Å². The molecule has 2 aliphatic heterocycles. The van der Waals surface area contributed by atoms with Gasteiger partial charge in [-0.3, -0.25) is 9.69 Å². The van der Waals surface area contributed by atoms with Crippen LogP contribution in [-0.4, -0.2) is 47.9 Å². The van der Waals surface area contributed by atoms with Crippen molar-refractivity contribution in [2.45, 2.75) is 50.2 Å². The van der Waals surface area contributed by atoms with Gasteiger partial charge in [0.15, 0.2) is 0 Å². The highest BCUT2D eigenvalue weighted by molar-refractivity contribution is 5.83. The van der Waals surface area contributed by atoms with Crippen LogP contribution in [0.25, 0.3) is 0 Å². The van der Waals surface area contributed by atoms with E-state index >= 15 is 0 Å². The van der Waals surface area contributed by atoms with Gasteiger partial charge in [0.05, 0.1) is 5.56 Å². The third kappa shape index (κ3) is 3.61. The molecule has 3 atom stereocenters. The number of hydrogen-bond acceptors (Lipinski definition) is 2. The van der Waals surface area contributed by atoms with Gasteiger partial charge in [0.2, 0.25) is 5.91 Å². The van der Waals surface area contributed by atoms with Crippen LogP contribution < -0.4 is 0 Å². The molecule has 1 aromatic carbocycles. The number of carbonyl (C=O) groups excluding carboxylic acids is 1. The van der Waals surface area contributed by atoms with E-state index in [1.165, 1.54) is 25.0 Å². The first kappa shape index (κ1) is 17.8. The molecule has 1 aromatic rings. The van der Waals surface area contributed by atoms with E-state index in [2.05, 4.69) is 4.90 Å². The van der Waals surface area contributed by atoms with E-state index in [9.17, 15) is 18.0 Å². The molecule has 0 spiro atoms. The van der Waals surface area contributed by atoms with E-state index in [1.54, 1.807) is 0 Å². The van der Waals surface area contributed by atoms with Crippen molar-refractivity contribution in [3.8, 4) is 0 Å². The van der Waals surface area contributed by atoms with Gasteiger partial charge in [-0.1, -0.05) is 12.1 Å². The van der Waals surface area contributed by atoms with Crippen molar-refractivity contribution < 1.29 is 18.0 Å². The lowest BCUT2D eigenvalue weighted by molar-refractivity contribution is -0.137. The average Bonchev–Trinajstić information content (AvgIpc) is 3.24. The minimum Gasteiger partial charge on any atom is -0.341 e. The van der Waals surface area contributed by atoms with Crippen LogP contribution in [0.4, 0.5) is 13.2 Å². The smallest absolute Gasteiger partial charge is 0.341 e. The molecule has 1 amide bonds. The molecule has 142 valence electrons. The molecule has 1 saturated carbocycles. The predicted molar refractivity (Wildman–Crippen MR) is 92.7 cm³/mol. The van der Waals surface area contributed by atoms with Crippen LogP contribution in [0.1, 0.15) is 49.1 Å². The van der Waals surface area contributed by atoms with Crippen LogP contribution in [0.2, 0.25) is 0 Å². The summed E-state index contributed by atoms with van der Waals surface area (Å²) >= 11 is 0. The predicted octanol–water partition coefficient (Wildman–Crippen LogP) is 3.90. The highest BCUT2D eigenvalue weighted by Gasteiger charge is 2.46. The first-order valence-electron chi connectivity index (χ1n) is 9.63. The number of carbonyl (C=O) groups is 1. The van der Waals surface area contributed by atoms with Crippen molar-refractivity contribution in [2.24, 2.45) is 5.92 Å². The zero-order valence-corrected chi connectivity index (χ0v) is 14.8. The lowest BCUT2D eigenvalue weighted by atomic mass is 10.0. The number of halogens is 3. The Morgan fingerprint density at radius 3 is 2.35 bits per heavy atom. The first-order chi connectivity index (χ1) is 12.4. The number of piperidine rings is 1. The van der Waals surface area contributed by atoms with Crippen LogP contribution >= 0.6 is 0 Å². The minimum absolute atomic E-state index is 0.0518. The second kappa shape index (κ2) is 6.87. The molecule has 4 rings (SSSR count). The van der Waals surface area contributed by atoms with Crippen LogP contribution in [0.5, 0.6) is 0 Å². The molecule has 3 unspecified atom stereocenters. The molecule has 2 saturated heterocycles. The number of amides is 1. The fourth-order valence-corrected chi connectivity index (χ4v) is 4.55. The largest absolute Gasteiger partial charge is 0.416 e. The van der Waals surface area contributed by atoms with Gasteiger partial charge in [-0.15, -0.1) is 0 Å². The van der Waals surface area contributed by atoms with E-state index < -0.39 is 11.7 Å². The van der Waals surface area contributed by atoms with E-state index in [-0.39, 0.29) is 17.7 Å². The third-order valence-corrected chi connectivity index (χ3v) is 6.14. The zero-order chi connectivity index (χ0) is 18.3. The monoisotopic (exact) mass is 366 g/mol. The van der Waals surface area contributed by atoms with Gasteiger partial charge in [0, 0.05) is 25.0 Å².